The van der Waals surface area contributed by atoms with Crippen molar-refractivity contribution in [2.75, 3.05) is 19.2 Å². The highest BCUT2D eigenvalue weighted by molar-refractivity contribution is 6.08. The number of amides is 1. The SMILES string of the molecule is COc1ccc(-c2nn(Cc3ccccc3)cc2C(=O)Nc2ccc3c(c2)OCO3)cc1. The summed E-state index contributed by atoms with van der Waals surface area (Å²) in [4.78, 5) is 13.2. The summed E-state index contributed by atoms with van der Waals surface area (Å²) in [7, 11) is 1.62. The van der Waals surface area contributed by atoms with Crippen molar-refractivity contribution in [1.29, 1.82) is 0 Å². The Kier molecular flexibility index (Phi) is 5.21. The molecule has 0 saturated heterocycles. The third-order valence-electron chi connectivity index (χ3n) is 5.19. The van der Waals surface area contributed by atoms with E-state index in [1.54, 1.807) is 36.2 Å². The zero-order valence-corrected chi connectivity index (χ0v) is 17.4. The van der Waals surface area contributed by atoms with Crippen molar-refractivity contribution in [3.63, 3.8) is 0 Å². The molecule has 2 heterocycles. The molecule has 160 valence electrons. The maximum absolute atomic E-state index is 13.2. The van der Waals surface area contributed by atoms with Crippen molar-refractivity contribution in [3.05, 3.63) is 90.1 Å². The summed E-state index contributed by atoms with van der Waals surface area (Å²) in [6.07, 6.45) is 1.77. The first kappa shape index (κ1) is 19.7. The topological polar surface area (TPSA) is 74.6 Å². The molecule has 0 saturated carbocycles. The highest BCUT2D eigenvalue weighted by Crippen LogP contribution is 2.34. The van der Waals surface area contributed by atoms with E-state index in [1.807, 2.05) is 54.6 Å². The fourth-order valence-corrected chi connectivity index (χ4v) is 3.57. The molecule has 7 nitrogen and oxygen atoms in total. The largest absolute Gasteiger partial charge is 0.497 e. The van der Waals surface area contributed by atoms with Crippen LogP contribution >= 0.6 is 0 Å². The number of benzene rings is 3. The molecular weight excluding hydrogens is 406 g/mol. The van der Waals surface area contributed by atoms with Gasteiger partial charge in [0.2, 0.25) is 6.79 Å². The molecule has 32 heavy (non-hydrogen) atoms. The molecule has 0 bridgehead atoms. The summed E-state index contributed by atoms with van der Waals surface area (Å²) in [6.45, 7) is 0.738. The minimum absolute atomic E-state index is 0.181. The van der Waals surface area contributed by atoms with E-state index in [4.69, 9.17) is 19.3 Å². The minimum atomic E-state index is -0.256. The number of rotatable bonds is 6. The van der Waals surface area contributed by atoms with Gasteiger partial charge in [-0.1, -0.05) is 30.3 Å². The van der Waals surface area contributed by atoms with Gasteiger partial charge in [-0.3, -0.25) is 9.48 Å². The van der Waals surface area contributed by atoms with Crippen LogP contribution < -0.4 is 19.5 Å². The lowest BCUT2D eigenvalue weighted by atomic mass is 10.1. The van der Waals surface area contributed by atoms with Crippen LogP contribution in [0.3, 0.4) is 0 Å². The van der Waals surface area contributed by atoms with Crippen LogP contribution in [-0.2, 0) is 6.54 Å². The first-order valence-corrected chi connectivity index (χ1v) is 10.2. The molecule has 0 fully saturated rings. The van der Waals surface area contributed by atoms with Gasteiger partial charge in [-0.2, -0.15) is 5.10 Å². The number of aromatic nitrogens is 2. The number of nitrogens with one attached hydrogen (secondary N) is 1. The van der Waals surface area contributed by atoms with Crippen LogP contribution in [0.5, 0.6) is 17.2 Å². The zero-order valence-electron chi connectivity index (χ0n) is 17.4. The molecule has 0 radical (unpaired) electrons. The normalized spacial score (nSPS) is 11.9. The molecule has 7 heteroatoms. The molecule has 0 aliphatic carbocycles. The molecule has 1 aromatic heterocycles. The maximum atomic E-state index is 13.2. The van der Waals surface area contributed by atoms with Crippen molar-refractivity contribution in [1.82, 2.24) is 9.78 Å². The number of ether oxygens (including phenoxy) is 3. The third kappa shape index (κ3) is 4.00. The van der Waals surface area contributed by atoms with E-state index in [0.29, 0.717) is 35.0 Å². The van der Waals surface area contributed by atoms with Crippen LogP contribution in [0.4, 0.5) is 5.69 Å². The standard InChI is InChI=1S/C25H21N3O4/c1-30-20-10-7-18(8-11-20)24-21(15-28(27-24)14-17-5-3-2-4-6-17)25(29)26-19-9-12-22-23(13-19)32-16-31-22/h2-13,15H,14,16H2,1H3,(H,26,29). The summed E-state index contributed by atoms with van der Waals surface area (Å²) < 4.78 is 17.8. The van der Waals surface area contributed by atoms with E-state index in [1.165, 1.54) is 0 Å². The van der Waals surface area contributed by atoms with Gasteiger partial charge in [0.05, 0.1) is 19.2 Å². The number of anilines is 1. The molecule has 0 spiro atoms. The van der Waals surface area contributed by atoms with E-state index < -0.39 is 0 Å². The Balaban J connectivity index is 1.47. The predicted octanol–water partition coefficient (Wildman–Crippen LogP) is 4.59. The Labute approximate surface area is 185 Å². The molecule has 0 unspecified atom stereocenters. The van der Waals surface area contributed by atoms with E-state index in [0.717, 1.165) is 16.9 Å². The monoisotopic (exact) mass is 427 g/mol. The first-order valence-electron chi connectivity index (χ1n) is 10.2. The van der Waals surface area contributed by atoms with Gasteiger partial charge in [0.1, 0.15) is 11.4 Å². The maximum Gasteiger partial charge on any atom is 0.259 e. The van der Waals surface area contributed by atoms with E-state index >= 15 is 0 Å². The summed E-state index contributed by atoms with van der Waals surface area (Å²) in [5.41, 5.74) is 3.62. The summed E-state index contributed by atoms with van der Waals surface area (Å²) in [5.74, 6) is 1.76. The molecule has 1 N–H and O–H groups in total. The summed E-state index contributed by atoms with van der Waals surface area (Å²) >= 11 is 0. The Morgan fingerprint density at radius 1 is 1.03 bits per heavy atom. The Morgan fingerprint density at radius 3 is 2.59 bits per heavy atom. The molecule has 3 aromatic carbocycles. The lowest BCUT2D eigenvalue weighted by Gasteiger charge is -2.07. The number of methoxy groups -OCH3 is 1. The average molecular weight is 427 g/mol. The zero-order chi connectivity index (χ0) is 21.9. The fourth-order valence-electron chi connectivity index (χ4n) is 3.57. The van der Waals surface area contributed by atoms with Crippen LogP contribution in [0.25, 0.3) is 11.3 Å². The second-order valence-electron chi connectivity index (χ2n) is 7.33. The Bertz CT molecular complexity index is 1250. The smallest absolute Gasteiger partial charge is 0.259 e. The van der Waals surface area contributed by atoms with E-state index in [9.17, 15) is 4.79 Å². The number of carbonyl (C=O) groups is 1. The van der Waals surface area contributed by atoms with Crippen molar-refractivity contribution in [2.45, 2.75) is 6.54 Å². The van der Waals surface area contributed by atoms with Gasteiger partial charge in [0.25, 0.3) is 5.91 Å². The number of fused-ring (bicyclic) bond motifs is 1. The molecule has 5 rings (SSSR count). The van der Waals surface area contributed by atoms with Gasteiger partial charge in [-0.15, -0.1) is 0 Å². The minimum Gasteiger partial charge on any atom is -0.497 e. The van der Waals surface area contributed by atoms with Gasteiger partial charge >= 0.3 is 0 Å². The van der Waals surface area contributed by atoms with Crippen LogP contribution in [0.15, 0.2) is 79.0 Å². The fraction of sp³-hybridized carbons (Fsp3) is 0.120. The summed E-state index contributed by atoms with van der Waals surface area (Å²) in [5, 5.41) is 7.67. The van der Waals surface area contributed by atoms with Gasteiger partial charge in [-0.25, -0.2) is 0 Å². The lowest BCUT2D eigenvalue weighted by molar-refractivity contribution is 0.102. The molecule has 1 amide bonds. The highest BCUT2D eigenvalue weighted by Gasteiger charge is 2.20. The number of carbonyl (C=O) groups excluding carboxylic acids is 1. The highest BCUT2D eigenvalue weighted by atomic mass is 16.7. The lowest BCUT2D eigenvalue weighted by Crippen LogP contribution is -2.12. The van der Waals surface area contributed by atoms with Gasteiger partial charge in [0.15, 0.2) is 11.5 Å². The van der Waals surface area contributed by atoms with Gasteiger partial charge < -0.3 is 19.5 Å². The van der Waals surface area contributed by atoms with Gasteiger partial charge in [-0.05, 0) is 42.0 Å². The average Bonchev–Trinajstić information content (AvgIpc) is 3.46. The van der Waals surface area contributed by atoms with Crippen LogP contribution in [-0.4, -0.2) is 29.6 Å². The Morgan fingerprint density at radius 2 is 1.81 bits per heavy atom. The number of hydrogen-bond donors (Lipinski definition) is 1. The molecule has 1 aliphatic rings. The molecular formula is C25H21N3O4. The van der Waals surface area contributed by atoms with Crippen molar-refractivity contribution in [2.24, 2.45) is 0 Å². The molecule has 4 aromatic rings. The van der Waals surface area contributed by atoms with Crippen LogP contribution in [0.1, 0.15) is 15.9 Å². The second-order valence-corrected chi connectivity index (χ2v) is 7.33. The van der Waals surface area contributed by atoms with E-state index in [-0.39, 0.29) is 12.7 Å². The quantitative estimate of drug-likeness (QED) is 0.487. The second kappa shape index (κ2) is 8.47. The van der Waals surface area contributed by atoms with Gasteiger partial charge in [0, 0.05) is 23.5 Å². The summed E-state index contributed by atoms with van der Waals surface area (Å²) in [6, 6.07) is 22.8. The number of nitrogens with zero attached hydrogens (tertiary/aromatic N) is 2. The number of hydrogen-bond acceptors (Lipinski definition) is 5. The molecule has 0 atom stereocenters. The van der Waals surface area contributed by atoms with E-state index in [2.05, 4.69) is 5.32 Å². The third-order valence-corrected chi connectivity index (χ3v) is 5.19. The van der Waals surface area contributed by atoms with Crippen molar-refractivity contribution < 1.29 is 19.0 Å². The van der Waals surface area contributed by atoms with Crippen molar-refractivity contribution in [3.8, 4) is 28.5 Å². The van der Waals surface area contributed by atoms with Crippen LogP contribution in [0.2, 0.25) is 0 Å². The predicted molar refractivity (Wildman–Crippen MR) is 120 cm³/mol. The first-order chi connectivity index (χ1) is 15.7. The Hall–Kier alpha value is -4.26. The molecule has 1 aliphatic heterocycles. The van der Waals surface area contributed by atoms with Crippen molar-refractivity contribution >= 4 is 11.6 Å². The van der Waals surface area contributed by atoms with Crippen LogP contribution in [0, 0.1) is 0 Å².